The molecule has 0 radical (unpaired) electrons. The van der Waals surface area contributed by atoms with E-state index >= 15 is 0 Å². The SMILES string of the molecule is CCC(=O)C1C2CCCC1CC(C/C=C/c1ccccc1)C2. The van der Waals surface area contributed by atoms with Crippen molar-refractivity contribution in [3.05, 3.63) is 42.0 Å². The van der Waals surface area contributed by atoms with Gasteiger partial charge in [-0.15, -0.1) is 0 Å². The van der Waals surface area contributed by atoms with Crippen LogP contribution in [0, 0.1) is 23.7 Å². The summed E-state index contributed by atoms with van der Waals surface area (Å²) in [6.45, 7) is 2.03. The van der Waals surface area contributed by atoms with E-state index < -0.39 is 0 Å². The molecular formula is C21H28O. The average molecular weight is 296 g/mol. The summed E-state index contributed by atoms with van der Waals surface area (Å²) in [4.78, 5) is 12.3. The van der Waals surface area contributed by atoms with Crippen molar-refractivity contribution < 1.29 is 4.79 Å². The fourth-order valence-corrected chi connectivity index (χ4v) is 4.78. The normalized spacial score (nSPS) is 31.3. The van der Waals surface area contributed by atoms with Crippen LogP contribution in [0.25, 0.3) is 6.08 Å². The number of hydrogen-bond acceptors (Lipinski definition) is 1. The van der Waals surface area contributed by atoms with Gasteiger partial charge in [0.2, 0.25) is 0 Å². The number of carbonyl (C=O) groups is 1. The van der Waals surface area contributed by atoms with Crippen molar-refractivity contribution in [2.24, 2.45) is 23.7 Å². The Kier molecular flexibility index (Phi) is 5.12. The van der Waals surface area contributed by atoms with E-state index in [2.05, 4.69) is 42.5 Å². The summed E-state index contributed by atoms with van der Waals surface area (Å²) in [5.74, 6) is 3.07. The molecule has 2 unspecified atom stereocenters. The lowest BCUT2D eigenvalue weighted by Gasteiger charge is -2.45. The van der Waals surface area contributed by atoms with Crippen LogP contribution in [-0.4, -0.2) is 5.78 Å². The van der Waals surface area contributed by atoms with Crippen LogP contribution in [0.15, 0.2) is 36.4 Å². The molecule has 2 aliphatic rings. The minimum Gasteiger partial charge on any atom is -0.299 e. The molecule has 0 aromatic heterocycles. The maximum Gasteiger partial charge on any atom is 0.136 e. The number of benzene rings is 1. The van der Waals surface area contributed by atoms with Crippen LogP contribution in [0.5, 0.6) is 0 Å². The lowest BCUT2D eigenvalue weighted by molar-refractivity contribution is -0.130. The van der Waals surface area contributed by atoms with Gasteiger partial charge in [-0.05, 0) is 55.4 Å². The van der Waals surface area contributed by atoms with Crippen molar-refractivity contribution in [2.75, 3.05) is 0 Å². The van der Waals surface area contributed by atoms with E-state index in [0.29, 0.717) is 23.5 Å². The highest BCUT2D eigenvalue weighted by Crippen LogP contribution is 2.48. The van der Waals surface area contributed by atoms with Crippen molar-refractivity contribution in [2.45, 2.75) is 51.9 Å². The molecular weight excluding hydrogens is 268 g/mol. The Bertz CT molecular complexity index is 502. The standard InChI is InChI=1S/C21H28O/c1-2-20(22)21-18-12-7-13-19(21)15-17(14-18)11-6-10-16-8-4-3-5-9-16/h3-6,8-10,17-19,21H,2,7,11-15H2,1H3/b10-6+. The maximum absolute atomic E-state index is 12.3. The minimum atomic E-state index is 0.396. The molecule has 2 fully saturated rings. The van der Waals surface area contributed by atoms with Gasteiger partial charge >= 0.3 is 0 Å². The minimum absolute atomic E-state index is 0.396. The highest BCUT2D eigenvalue weighted by molar-refractivity contribution is 5.81. The molecule has 0 amide bonds. The van der Waals surface area contributed by atoms with Crippen LogP contribution in [0.2, 0.25) is 0 Å². The maximum atomic E-state index is 12.3. The molecule has 22 heavy (non-hydrogen) atoms. The average Bonchev–Trinajstić information content (AvgIpc) is 2.54. The van der Waals surface area contributed by atoms with Gasteiger partial charge in [-0.1, -0.05) is 55.8 Å². The molecule has 1 aromatic rings. The van der Waals surface area contributed by atoms with Crippen molar-refractivity contribution >= 4 is 11.9 Å². The molecule has 0 saturated heterocycles. The number of Topliss-reactive ketones (excluding diaryl/α,β-unsaturated/α-hetero) is 1. The van der Waals surface area contributed by atoms with Crippen molar-refractivity contribution in [1.82, 2.24) is 0 Å². The van der Waals surface area contributed by atoms with Gasteiger partial charge in [-0.2, -0.15) is 0 Å². The van der Waals surface area contributed by atoms with Crippen LogP contribution in [-0.2, 0) is 4.79 Å². The first kappa shape index (κ1) is 15.5. The number of rotatable bonds is 5. The highest BCUT2D eigenvalue weighted by Gasteiger charge is 2.42. The van der Waals surface area contributed by atoms with E-state index in [1.54, 1.807) is 0 Å². The molecule has 2 bridgehead atoms. The van der Waals surface area contributed by atoms with Crippen molar-refractivity contribution in [3.8, 4) is 0 Å². The molecule has 3 rings (SSSR count). The van der Waals surface area contributed by atoms with Gasteiger partial charge in [0.15, 0.2) is 0 Å². The number of carbonyl (C=O) groups excluding carboxylic acids is 1. The fraction of sp³-hybridized carbons (Fsp3) is 0.571. The third-order valence-corrected chi connectivity index (χ3v) is 5.74. The molecule has 2 aliphatic carbocycles. The zero-order chi connectivity index (χ0) is 15.4. The summed E-state index contributed by atoms with van der Waals surface area (Å²) in [5, 5.41) is 0. The predicted molar refractivity (Wildman–Crippen MR) is 92.4 cm³/mol. The Morgan fingerprint density at radius 3 is 2.45 bits per heavy atom. The third-order valence-electron chi connectivity index (χ3n) is 5.74. The second-order valence-corrected chi connectivity index (χ2v) is 7.18. The summed E-state index contributed by atoms with van der Waals surface area (Å²) in [7, 11) is 0. The molecule has 2 atom stereocenters. The first-order valence-electron chi connectivity index (χ1n) is 9.02. The van der Waals surface area contributed by atoms with Gasteiger partial charge in [-0.25, -0.2) is 0 Å². The van der Waals surface area contributed by atoms with Crippen molar-refractivity contribution in [3.63, 3.8) is 0 Å². The quantitative estimate of drug-likeness (QED) is 0.700. The largest absolute Gasteiger partial charge is 0.299 e. The van der Waals surface area contributed by atoms with Crippen molar-refractivity contribution in [1.29, 1.82) is 0 Å². The van der Waals surface area contributed by atoms with E-state index in [9.17, 15) is 4.79 Å². The Balaban J connectivity index is 1.59. The highest BCUT2D eigenvalue weighted by atomic mass is 16.1. The van der Waals surface area contributed by atoms with E-state index in [4.69, 9.17) is 0 Å². The van der Waals surface area contributed by atoms with Gasteiger partial charge in [0, 0.05) is 12.3 Å². The zero-order valence-electron chi connectivity index (χ0n) is 13.7. The van der Waals surface area contributed by atoms with E-state index in [0.717, 1.165) is 12.3 Å². The lowest BCUT2D eigenvalue weighted by atomic mass is 9.59. The Morgan fingerprint density at radius 1 is 1.14 bits per heavy atom. The second kappa shape index (κ2) is 7.26. The van der Waals surface area contributed by atoms with Gasteiger partial charge in [0.05, 0.1) is 0 Å². The molecule has 0 N–H and O–H groups in total. The van der Waals surface area contributed by atoms with Gasteiger partial charge in [0.25, 0.3) is 0 Å². The van der Waals surface area contributed by atoms with E-state index in [-0.39, 0.29) is 0 Å². The van der Waals surface area contributed by atoms with Crippen LogP contribution < -0.4 is 0 Å². The molecule has 1 nitrogen and oxygen atoms in total. The smallest absolute Gasteiger partial charge is 0.136 e. The summed E-state index contributed by atoms with van der Waals surface area (Å²) >= 11 is 0. The molecule has 2 saturated carbocycles. The van der Waals surface area contributed by atoms with E-state index in [1.165, 1.54) is 44.1 Å². The molecule has 0 aliphatic heterocycles. The summed E-state index contributed by atoms with van der Waals surface area (Å²) < 4.78 is 0. The fourth-order valence-electron chi connectivity index (χ4n) is 4.78. The van der Waals surface area contributed by atoms with Gasteiger partial charge in [0.1, 0.15) is 5.78 Å². The van der Waals surface area contributed by atoms with Crippen LogP contribution in [0.1, 0.15) is 57.4 Å². The van der Waals surface area contributed by atoms with Crippen LogP contribution in [0.3, 0.4) is 0 Å². The number of fused-ring (bicyclic) bond motifs is 2. The Labute approximate surface area is 134 Å². The van der Waals surface area contributed by atoms with Gasteiger partial charge < -0.3 is 0 Å². The molecule has 118 valence electrons. The van der Waals surface area contributed by atoms with E-state index in [1.807, 2.05) is 6.92 Å². The third kappa shape index (κ3) is 3.51. The summed E-state index contributed by atoms with van der Waals surface area (Å²) in [6.07, 6.45) is 13.0. The van der Waals surface area contributed by atoms with Crippen LogP contribution >= 0.6 is 0 Å². The lowest BCUT2D eigenvalue weighted by Crippen LogP contribution is -2.40. The molecule has 1 aromatic carbocycles. The molecule has 1 heteroatoms. The van der Waals surface area contributed by atoms with Gasteiger partial charge in [-0.3, -0.25) is 4.79 Å². The Hall–Kier alpha value is -1.37. The zero-order valence-corrected chi connectivity index (χ0v) is 13.7. The predicted octanol–water partition coefficient (Wildman–Crippen LogP) is 5.51. The summed E-state index contributed by atoms with van der Waals surface area (Å²) in [6, 6.07) is 10.5. The first-order chi connectivity index (χ1) is 10.8. The number of allylic oxidation sites excluding steroid dienone is 1. The van der Waals surface area contributed by atoms with Crippen LogP contribution in [0.4, 0.5) is 0 Å². The number of hydrogen-bond donors (Lipinski definition) is 0. The second-order valence-electron chi connectivity index (χ2n) is 7.18. The summed E-state index contributed by atoms with van der Waals surface area (Å²) in [5.41, 5.74) is 1.29. The molecule has 0 heterocycles. The monoisotopic (exact) mass is 296 g/mol. The topological polar surface area (TPSA) is 17.1 Å². The number of ketones is 1. The Morgan fingerprint density at radius 2 is 1.82 bits per heavy atom. The molecule has 0 spiro atoms. The first-order valence-corrected chi connectivity index (χ1v) is 9.02.